The Morgan fingerprint density at radius 1 is 1.07 bits per heavy atom. The van der Waals surface area contributed by atoms with Crippen molar-refractivity contribution in [2.45, 2.75) is 43.9 Å². The van der Waals surface area contributed by atoms with Crippen LogP contribution in [0.1, 0.15) is 36.3 Å². The van der Waals surface area contributed by atoms with Crippen LogP contribution >= 0.6 is 0 Å². The van der Waals surface area contributed by atoms with Crippen LogP contribution in [0.15, 0.2) is 60.7 Å². The fourth-order valence-corrected chi connectivity index (χ4v) is 3.89. The molecule has 0 radical (unpaired) electrons. The van der Waals surface area contributed by atoms with Crippen LogP contribution < -0.4 is 0 Å². The summed E-state index contributed by atoms with van der Waals surface area (Å²) in [6, 6.07) is 19.6. The quantitative estimate of drug-likeness (QED) is 0.550. The van der Waals surface area contributed by atoms with Crippen molar-refractivity contribution in [3.63, 3.8) is 0 Å². The van der Waals surface area contributed by atoms with E-state index in [1.54, 1.807) is 14.2 Å². The molecule has 2 aromatic rings. The molecule has 1 unspecified atom stereocenters. The van der Waals surface area contributed by atoms with Crippen LogP contribution in [0.2, 0.25) is 0 Å². The van der Waals surface area contributed by atoms with Crippen molar-refractivity contribution in [1.82, 2.24) is 4.90 Å². The molecule has 160 valence electrons. The fraction of sp³-hybridized carbons (Fsp3) is 0.417. The zero-order valence-electron chi connectivity index (χ0n) is 17.5. The molecule has 1 aliphatic heterocycles. The van der Waals surface area contributed by atoms with Crippen LogP contribution in [0.3, 0.4) is 0 Å². The number of imide groups is 1. The van der Waals surface area contributed by atoms with Crippen LogP contribution in [0, 0.1) is 0 Å². The van der Waals surface area contributed by atoms with Crippen molar-refractivity contribution in [2.75, 3.05) is 20.8 Å². The molecule has 1 heterocycles. The highest BCUT2D eigenvalue weighted by molar-refractivity contribution is 5.93. The maximum Gasteiger partial charge on any atom is 0.416 e. The summed E-state index contributed by atoms with van der Waals surface area (Å²) in [5.74, 6) is -0.128. The molecule has 30 heavy (non-hydrogen) atoms. The maximum absolute atomic E-state index is 13.0. The molecule has 0 N–H and O–H groups in total. The Balaban J connectivity index is 1.66. The fourth-order valence-electron chi connectivity index (χ4n) is 3.89. The molecule has 2 aromatic carbocycles. The Kier molecular flexibility index (Phi) is 7.99. The molecule has 0 aliphatic carbocycles. The highest BCUT2D eigenvalue weighted by Gasteiger charge is 2.37. The molecule has 2 amide bonds. The number of methoxy groups -OCH3 is 2. The van der Waals surface area contributed by atoms with Gasteiger partial charge < -0.3 is 14.2 Å². The zero-order chi connectivity index (χ0) is 21.3. The molecule has 0 bridgehead atoms. The zero-order valence-corrected chi connectivity index (χ0v) is 17.5. The number of amides is 2. The van der Waals surface area contributed by atoms with Gasteiger partial charge in [-0.05, 0) is 29.9 Å². The van der Waals surface area contributed by atoms with E-state index in [1.165, 1.54) is 4.90 Å². The minimum Gasteiger partial charge on any atom is -0.447 e. The Morgan fingerprint density at radius 3 is 2.33 bits per heavy atom. The van der Waals surface area contributed by atoms with Crippen LogP contribution in [0.5, 0.6) is 0 Å². The number of benzene rings is 2. The van der Waals surface area contributed by atoms with E-state index in [0.29, 0.717) is 19.3 Å². The first-order chi connectivity index (χ1) is 14.6. The first-order valence-corrected chi connectivity index (χ1v) is 10.3. The molecule has 1 saturated heterocycles. The van der Waals surface area contributed by atoms with Crippen molar-refractivity contribution in [3.05, 3.63) is 71.8 Å². The minimum absolute atomic E-state index is 0.0752. The second kappa shape index (κ2) is 10.9. The van der Waals surface area contributed by atoms with Crippen molar-refractivity contribution in [2.24, 2.45) is 0 Å². The lowest BCUT2D eigenvalue weighted by Crippen LogP contribution is -2.40. The van der Waals surface area contributed by atoms with E-state index in [4.69, 9.17) is 14.2 Å². The number of carbonyl (C=O) groups excluding carboxylic acids is 2. The van der Waals surface area contributed by atoms with Crippen molar-refractivity contribution < 1.29 is 23.8 Å². The number of hydrogen-bond donors (Lipinski definition) is 0. The van der Waals surface area contributed by atoms with E-state index in [2.05, 4.69) is 0 Å². The maximum atomic E-state index is 13.0. The van der Waals surface area contributed by atoms with Gasteiger partial charge in [0.05, 0.1) is 6.04 Å². The van der Waals surface area contributed by atoms with Gasteiger partial charge in [-0.3, -0.25) is 4.79 Å². The predicted molar refractivity (Wildman–Crippen MR) is 113 cm³/mol. The average molecular weight is 411 g/mol. The summed E-state index contributed by atoms with van der Waals surface area (Å²) in [6.07, 6.45) is 1.16. The Hall–Kier alpha value is -2.70. The van der Waals surface area contributed by atoms with E-state index in [1.807, 2.05) is 60.7 Å². The molecule has 0 saturated carbocycles. The van der Waals surface area contributed by atoms with Gasteiger partial charge in [-0.2, -0.15) is 0 Å². The van der Waals surface area contributed by atoms with Gasteiger partial charge in [0.1, 0.15) is 6.61 Å². The van der Waals surface area contributed by atoms with Gasteiger partial charge in [0, 0.05) is 27.1 Å². The topological polar surface area (TPSA) is 65.1 Å². The number of rotatable bonds is 10. The highest BCUT2D eigenvalue weighted by atomic mass is 16.7. The molecule has 0 aromatic heterocycles. The number of carbonyl (C=O) groups is 2. The third-order valence-corrected chi connectivity index (χ3v) is 5.52. The number of ether oxygens (including phenoxy) is 3. The summed E-state index contributed by atoms with van der Waals surface area (Å²) in [6.45, 7) is 0.233. The van der Waals surface area contributed by atoms with Gasteiger partial charge in [0.15, 0.2) is 6.29 Å². The Morgan fingerprint density at radius 2 is 1.70 bits per heavy atom. The molecule has 6 nitrogen and oxygen atoms in total. The Labute approximate surface area is 177 Å². The molecular weight excluding hydrogens is 382 g/mol. The Bertz CT molecular complexity index is 807. The molecule has 0 spiro atoms. The van der Waals surface area contributed by atoms with Crippen molar-refractivity contribution in [1.29, 1.82) is 0 Å². The van der Waals surface area contributed by atoms with Gasteiger partial charge in [0.25, 0.3) is 0 Å². The predicted octanol–water partition coefficient (Wildman–Crippen LogP) is 4.15. The number of cyclic esters (lactones) is 1. The first kappa shape index (κ1) is 22.0. The third-order valence-electron chi connectivity index (χ3n) is 5.52. The van der Waals surface area contributed by atoms with Crippen molar-refractivity contribution >= 4 is 12.0 Å². The largest absolute Gasteiger partial charge is 0.447 e. The smallest absolute Gasteiger partial charge is 0.416 e. The van der Waals surface area contributed by atoms with Gasteiger partial charge in [-0.1, -0.05) is 60.7 Å². The van der Waals surface area contributed by atoms with Crippen LogP contribution in [0.4, 0.5) is 4.79 Å². The lowest BCUT2D eigenvalue weighted by molar-refractivity contribution is -0.130. The minimum atomic E-state index is -0.552. The molecule has 1 fully saturated rings. The second-order valence-corrected chi connectivity index (χ2v) is 7.47. The van der Waals surface area contributed by atoms with E-state index in [0.717, 1.165) is 11.1 Å². The molecule has 3 rings (SSSR count). The first-order valence-electron chi connectivity index (χ1n) is 10.3. The summed E-state index contributed by atoms with van der Waals surface area (Å²) in [5, 5.41) is 0. The molecule has 1 aliphatic rings. The summed E-state index contributed by atoms with van der Waals surface area (Å²) >= 11 is 0. The van der Waals surface area contributed by atoms with Gasteiger partial charge in [0.2, 0.25) is 5.91 Å². The van der Waals surface area contributed by atoms with Crippen LogP contribution in [-0.2, 0) is 25.4 Å². The molecular formula is C24H29NO5. The average Bonchev–Trinajstić information content (AvgIpc) is 3.15. The monoisotopic (exact) mass is 411 g/mol. The lowest BCUT2D eigenvalue weighted by atomic mass is 9.90. The van der Waals surface area contributed by atoms with Crippen LogP contribution in [0.25, 0.3) is 0 Å². The van der Waals surface area contributed by atoms with E-state index < -0.39 is 6.09 Å². The molecule has 6 heteroatoms. The van der Waals surface area contributed by atoms with E-state index >= 15 is 0 Å². The van der Waals surface area contributed by atoms with Crippen LogP contribution in [-0.4, -0.2) is 50.1 Å². The lowest BCUT2D eigenvalue weighted by Gasteiger charge is -2.24. The van der Waals surface area contributed by atoms with Gasteiger partial charge in [-0.25, -0.2) is 9.69 Å². The number of hydrogen-bond acceptors (Lipinski definition) is 5. The van der Waals surface area contributed by atoms with Crippen molar-refractivity contribution in [3.8, 4) is 0 Å². The van der Waals surface area contributed by atoms with Gasteiger partial charge in [-0.15, -0.1) is 0 Å². The highest BCUT2D eigenvalue weighted by Crippen LogP contribution is 2.29. The third kappa shape index (κ3) is 5.68. The second-order valence-electron chi connectivity index (χ2n) is 7.47. The van der Waals surface area contributed by atoms with E-state index in [9.17, 15) is 9.59 Å². The normalized spacial score (nSPS) is 17.2. The standard InChI is InChI=1S/C24H29NO5/c1-28-23(29-2)16-20(19-11-7-4-8-12-19)13-14-22(26)25-21(17-30-24(25)27)15-18-9-5-3-6-10-18/h3-12,20-21,23H,13-17H2,1-2H3/t20?,21-/m0/s1. The van der Waals surface area contributed by atoms with E-state index in [-0.39, 0.29) is 37.2 Å². The SMILES string of the molecule is COC(CC(CCC(=O)N1C(=O)OC[C@@H]1Cc1ccccc1)c1ccccc1)OC. The summed E-state index contributed by atoms with van der Waals surface area (Å²) in [7, 11) is 3.21. The van der Waals surface area contributed by atoms with Gasteiger partial charge >= 0.3 is 6.09 Å². The summed E-state index contributed by atoms with van der Waals surface area (Å²) in [4.78, 5) is 26.5. The summed E-state index contributed by atoms with van der Waals surface area (Å²) in [5.41, 5.74) is 2.19. The number of nitrogens with zero attached hydrogens (tertiary/aromatic N) is 1. The summed E-state index contributed by atoms with van der Waals surface area (Å²) < 4.78 is 15.9. The molecule has 2 atom stereocenters.